The van der Waals surface area contributed by atoms with Crippen LogP contribution in [0.1, 0.15) is 11.1 Å². The van der Waals surface area contributed by atoms with E-state index in [-0.39, 0.29) is 5.57 Å². The van der Waals surface area contributed by atoms with Gasteiger partial charge in [-0.05, 0) is 48.4 Å². The smallest absolute Gasteiger partial charge is 0.266 e. The maximum absolute atomic E-state index is 12.3. The molecule has 23 heavy (non-hydrogen) atoms. The molecule has 0 aliphatic carbocycles. The number of nitriles is 1. The van der Waals surface area contributed by atoms with E-state index in [1.54, 1.807) is 31.4 Å². The number of amides is 1. The molecule has 2 rings (SSSR count). The fraction of sp³-hybridized carbons (Fsp3) is 0.111. The summed E-state index contributed by atoms with van der Waals surface area (Å²) in [6.45, 7) is 1.89. The van der Waals surface area contributed by atoms with Gasteiger partial charge in [0.2, 0.25) is 0 Å². The molecular weight excluding hydrogens is 356 g/mol. The van der Waals surface area contributed by atoms with Gasteiger partial charge in [-0.2, -0.15) is 5.26 Å². The van der Waals surface area contributed by atoms with E-state index in [9.17, 15) is 10.1 Å². The highest BCUT2D eigenvalue weighted by molar-refractivity contribution is 9.10. The van der Waals surface area contributed by atoms with Gasteiger partial charge in [0.1, 0.15) is 17.4 Å². The average molecular weight is 371 g/mol. The zero-order valence-corrected chi connectivity index (χ0v) is 14.3. The van der Waals surface area contributed by atoms with Gasteiger partial charge in [-0.1, -0.05) is 34.1 Å². The van der Waals surface area contributed by atoms with Crippen molar-refractivity contribution in [2.24, 2.45) is 0 Å². The van der Waals surface area contributed by atoms with Crippen molar-refractivity contribution < 1.29 is 9.53 Å². The molecule has 0 aliphatic rings. The summed E-state index contributed by atoms with van der Waals surface area (Å²) in [5.74, 6) is 0.201. The predicted octanol–water partition coefficient (Wildman–Crippen LogP) is 4.31. The van der Waals surface area contributed by atoms with Crippen molar-refractivity contribution >= 4 is 33.6 Å². The molecule has 0 fully saturated rings. The van der Waals surface area contributed by atoms with E-state index in [1.807, 2.05) is 31.2 Å². The molecule has 0 heterocycles. The Hall–Kier alpha value is -2.58. The van der Waals surface area contributed by atoms with Crippen LogP contribution in [0.25, 0.3) is 6.08 Å². The van der Waals surface area contributed by atoms with Crippen LogP contribution in [-0.2, 0) is 4.79 Å². The van der Waals surface area contributed by atoms with Crippen LogP contribution < -0.4 is 10.1 Å². The summed E-state index contributed by atoms with van der Waals surface area (Å²) < 4.78 is 5.94. The molecule has 0 unspecified atom stereocenters. The quantitative estimate of drug-likeness (QED) is 0.644. The van der Waals surface area contributed by atoms with E-state index in [1.165, 1.54) is 6.08 Å². The topological polar surface area (TPSA) is 62.1 Å². The number of hydrogen-bond acceptors (Lipinski definition) is 3. The Morgan fingerprint density at radius 2 is 2.04 bits per heavy atom. The fourth-order valence-corrected chi connectivity index (χ4v) is 2.33. The third-order valence-corrected chi connectivity index (χ3v) is 3.98. The lowest BCUT2D eigenvalue weighted by atomic mass is 10.1. The van der Waals surface area contributed by atoms with Gasteiger partial charge >= 0.3 is 0 Å². The normalized spacial score (nSPS) is 10.8. The van der Waals surface area contributed by atoms with E-state index >= 15 is 0 Å². The maximum Gasteiger partial charge on any atom is 0.266 e. The van der Waals surface area contributed by atoms with Gasteiger partial charge in [-0.25, -0.2) is 0 Å². The summed E-state index contributed by atoms with van der Waals surface area (Å²) >= 11 is 3.40. The lowest BCUT2D eigenvalue weighted by Gasteiger charge is -2.08. The molecular formula is C18H15BrN2O2. The van der Waals surface area contributed by atoms with E-state index in [4.69, 9.17) is 4.74 Å². The summed E-state index contributed by atoms with van der Waals surface area (Å²) in [6.07, 6.45) is 1.53. The number of hydrogen-bond donors (Lipinski definition) is 1. The molecule has 0 aromatic heterocycles. The fourth-order valence-electron chi connectivity index (χ4n) is 1.97. The molecule has 2 aromatic carbocycles. The van der Waals surface area contributed by atoms with Gasteiger partial charge in [0.15, 0.2) is 0 Å². The minimum absolute atomic E-state index is 0.0159. The number of halogens is 1. The second-order valence-electron chi connectivity index (χ2n) is 4.83. The molecule has 1 N–H and O–H groups in total. The number of carbonyl (C=O) groups is 1. The van der Waals surface area contributed by atoms with Crippen LogP contribution in [0.5, 0.6) is 5.75 Å². The molecule has 0 spiro atoms. The highest BCUT2D eigenvalue weighted by atomic mass is 79.9. The number of carbonyl (C=O) groups excluding carboxylic acids is 1. The van der Waals surface area contributed by atoms with Crippen LogP contribution in [0.4, 0.5) is 5.69 Å². The van der Waals surface area contributed by atoms with Crippen LogP contribution in [-0.4, -0.2) is 13.0 Å². The molecule has 0 bridgehead atoms. The lowest BCUT2D eigenvalue weighted by molar-refractivity contribution is -0.112. The summed E-state index contributed by atoms with van der Waals surface area (Å²) in [5.41, 5.74) is 2.33. The highest BCUT2D eigenvalue weighted by Gasteiger charge is 2.12. The van der Waals surface area contributed by atoms with Crippen molar-refractivity contribution in [2.45, 2.75) is 6.92 Å². The molecule has 116 valence electrons. The zero-order valence-electron chi connectivity index (χ0n) is 12.8. The number of rotatable bonds is 4. The van der Waals surface area contributed by atoms with Crippen molar-refractivity contribution in [2.75, 3.05) is 12.4 Å². The first kappa shape index (κ1) is 16.8. The first-order chi connectivity index (χ1) is 11.0. The molecule has 0 saturated heterocycles. The number of anilines is 1. The molecule has 0 aliphatic heterocycles. The molecule has 0 atom stereocenters. The van der Waals surface area contributed by atoms with Crippen molar-refractivity contribution in [3.05, 3.63) is 63.6 Å². The van der Waals surface area contributed by atoms with E-state index in [0.29, 0.717) is 17.0 Å². The standard InChI is InChI=1S/C18H15BrN2O2/c1-12-5-3-4-6-17(12)21-18(22)14(11-20)9-13-10-15(23-2)7-8-16(13)19/h3-10H,1-2H3,(H,21,22). The third kappa shape index (κ3) is 4.21. The van der Waals surface area contributed by atoms with Crippen LogP contribution in [0.2, 0.25) is 0 Å². The van der Waals surface area contributed by atoms with Crippen LogP contribution in [0.3, 0.4) is 0 Å². The molecule has 0 radical (unpaired) electrons. The van der Waals surface area contributed by atoms with Crippen LogP contribution >= 0.6 is 15.9 Å². The number of methoxy groups -OCH3 is 1. The number of ether oxygens (including phenoxy) is 1. The lowest BCUT2D eigenvalue weighted by Crippen LogP contribution is -2.14. The van der Waals surface area contributed by atoms with Gasteiger partial charge in [0.05, 0.1) is 7.11 Å². The second kappa shape index (κ2) is 7.61. The monoisotopic (exact) mass is 370 g/mol. The summed E-state index contributed by atoms with van der Waals surface area (Å²) in [6, 6.07) is 14.7. The SMILES string of the molecule is COc1ccc(Br)c(C=C(C#N)C(=O)Nc2ccccc2C)c1. The molecule has 1 amide bonds. The summed E-state index contributed by atoms with van der Waals surface area (Å²) in [5, 5.41) is 12.1. The van der Waals surface area contributed by atoms with Crippen molar-refractivity contribution in [3.63, 3.8) is 0 Å². The minimum Gasteiger partial charge on any atom is -0.497 e. The van der Waals surface area contributed by atoms with Gasteiger partial charge in [0.25, 0.3) is 5.91 Å². The number of benzene rings is 2. The zero-order chi connectivity index (χ0) is 16.8. The third-order valence-electron chi connectivity index (χ3n) is 3.26. The Labute approximate surface area is 143 Å². The Morgan fingerprint density at radius 1 is 1.30 bits per heavy atom. The first-order valence-corrected chi connectivity index (χ1v) is 7.66. The predicted molar refractivity (Wildman–Crippen MR) is 94.1 cm³/mol. The van der Waals surface area contributed by atoms with E-state index in [0.717, 1.165) is 10.0 Å². The second-order valence-corrected chi connectivity index (χ2v) is 5.68. The van der Waals surface area contributed by atoms with Crippen molar-refractivity contribution in [1.82, 2.24) is 0 Å². The Kier molecular flexibility index (Phi) is 5.56. The number of nitrogens with zero attached hydrogens (tertiary/aromatic N) is 1. The van der Waals surface area contributed by atoms with Crippen molar-refractivity contribution in [1.29, 1.82) is 5.26 Å². The minimum atomic E-state index is -0.448. The first-order valence-electron chi connectivity index (χ1n) is 6.87. The largest absolute Gasteiger partial charge is 0.497 e. The highest BCUT2D eigenvalue weighted by Crippen LogP contribution is 2.25. The Bertz CT molecular complexity index is 807. The van der Waals surface area contributed by atoms with Crippen molar-refractivity contribution in [3.8, 4) is 11.8 Å². The molecule has 4 nitrogen and oxygen atoms in total. The van der Waals surface area contributed by atoms with Gasteiger partial charge in [-0.15, -0.1) is 0 Å². The number of aryl methyl sites for hydroxylation is 1. The van der Waals surface area contributed by atoms with Gasteiger partial charge in [0, 0.05) is 10.2 Å². The van der Waals surface area contributed by atoms with Crippen LogP contribution in [0, 0.1) is 18.3 Å². The molecule has 2 aromatic rings. The molecule has 5 heteroatoms. The number of nitrogens with one attached hydrogen (secondary N) is 1. The van der Waals surface area contributed by atoms with Crippen LogP contribution in [0.15, 0.2) is 52.5 Å². The summed E-state index contributed by atoms with van der Waals surface area (Å²) in [7, 11) is 1.56. The summed E-state index contributed by atoms with van der Waals surface area (Å²) in [4.78, 5) is 12.3. The maximum atomic E-state index is 12.3. The molecule has 0 saturated carbocycles. The van der Waals surface area contributed by atoms with Gasteiger partial charge in [-0.3, -0.25) is 4.79 Å². The van der Waals surface area contributed by atoms with E-state index < -0.39 is 5.91 Å². The average Bonchev–Trinajstić information content (AvgIpc) is 2.56. The Morgan fingerprint density at radius 3 is 2.70 bits per heavy atom. The Balaban J connectivity index is 2.31. The number of para-hydroxylation sites is 1. The van der Waals surface area contributed by atoms with Gasteiger partial charge < -0.3 is 10.1 Å². The van der Waals surface area contributed by atoms with E-state index in [2.05, 4.69) is 21.2 Å².